The highest BCUT2D eigenvalue weighted by molar-refractivity contribution is 5.84. The van der Waals surface area contributed by atoms with Gasteiger partial charge in [0.15, 0.2) is 0 Å². The first-order valence-electron chi connectivity index (χ1n) is 22.6. The number of nitrogens with zero attached hydrogens (tertiary/aromatic N) is 2. The second-order valence-electron chi connectivity index (χ2n) is 21.1. The number of carbonyl (C=O) groups is 3. The van der Waals surface area contributed by atoms with Gasteiger partial charge >= 0.3 is 0 Å². The summed E-state index contributed by atoms with van der Waals surface area (Å²) in [6, 6.07) is 0.113. The lowest BCUT2D eigenvalue weighted by molar-refractivity contribution is -0.224. The molecular weight excluding hydrogens is 655 g/mol. The molecule has 10 unspecified atom stereocenters. The Hall–Kier alpha value is -1.98. The maximum atomic E-state index is 15.0. The number of aromatic amines is 1. The molecule has 1 aromatic rings. The number of carbonyl (C=O) groups excluding carboxylic acids is 3. The number of H-pyrrole nitrogens is 1. The largest absolute Gasteiger partial charge is 0.344 e. The Kier molecular flexibility index (Phi) is 11.0. The lowest BCUT2D eigenvalue weighted by Crippen LogP contribution is -2.65. The molecule has 0 aromatic carbocycles. The Balaban J connectivity index is 1.02. The van der Waals surface area contributed by atoms with E-state index in [0.717, 1.165) is 62.7 Å². The van der Waals surface area contributed by atoms with E-state index in [1.165, 1.54) is 82.7 Å². The summed E-state index contributed by atoms with van der Waals surface area (Å²) in [4.78, 5) is 51.0. The number of aryl methyl sites for hydroxylation is 1. The van der Waals surface area contributed by atoms with Crippen LogP contribution < -0.4 is 0 Å². The molecule has 0 bridgehead atoms. The summed E-state index contributed by atoms with van der Waals surface area (Å²) in [5.41, 5.74) is 1.81. The summed E-state index contributed by atoms with van der Waals surface area (Å²) >= 11 is 0. The first-order chi connectivity index (χ1) is 25.2. The van der Waals surface area contributed by atoms with Crippen LogP contribution in [0.3, 0.4) is 0 Å². The molecule has 1 saturated heterocycles. The third-order valence-electron chi connectivity index (χ3n) is 17.8. The van der Waals surface area contributed by atoms with E-state index in [4.69, 9.17) is 4.98 Å². The zero-order chi connectivity index (χ0) is 37.8. The minimum absolute atomic E-state index is 0.113. The van der Waals surface area contributed by atoms with E-state index in [1.54, 1.807) is 0 Å². The number of aromatic nitrogens is 2. The highest BCUT2D eigenvalue weighted by atomic mass is 16.2. The predicted octanol–water partition coefficient (Wildman–Crippen LogP) is 11.4. The molecule has 2 heterocycles. The third kappa shape index (κ3) is 6.82. The van der Waals surface area contributed by atoms with E-state index in [2.05, 4.69) is 51.4 Å². The number of imidazole rings is 1. The Labute approximate surface area is 322 Å². The average molecular weight is 730 g/mol. The molecule has 6 aliphatic rings. The van der Waals surface area contributed by atoms with Gasteiger partial charge in [-0.25, -0.2) is 4.98 Å². The zero-order valence-electron chi connectivity index (χ0n) is 34.9. The summed E-state index contributed by atoms with van der Waals surface area (Å²) in [6.45, 7) is 17.3. The van der Waals surface area contributed by atoms with E-state index in [0.29, 0.717) is 66.0 Å². The van der Waals surface area contributed by atoms with Gasteiger partial charge in [-0.2, -0.15) is 0 Å². The maximum absolute atomic E-state index is 15.0. The van der Waals surface area contributed by atoms with Gasteiger partial charge in [0, 0.05) is 44.1 Å². The molecule has 6 nitrogen and oxygen atoms in total. The van der Waals surface area contributed by atoms with Crippen LogP contribution in [0.1, 0.15) is 201 Å². The molecule has 53 heavy (non-hydrogen) atoms. The molecule has 10 atom stereocenters. The molecule has 5 saturated carbocycles. The van der Waals surface area contributed by atoms with Gasteiger partial charge in [-0.1, -0.05) is 61.3 Å². The van der Waals surface area contributed by atoms with Gasteiger partial charge in [-0.3, -0.25) is 14.4 Å². The zero-order valence-corrected chi connectivity index (χ0v) is 34.9. The lowest BCUT2D eigenvalue weighted by atomic mass is 9.33. The van der Waals surface area contributed by atoms with Crippen LogP contribution in [0.4, 0.5) is 0 Å². The standard InChI is InChI=1S/C47H75N3O3/c1-8-10-13-34-31-48-41(49-34)39-15-12-27-50(39)42(53)47-22-11-14-38(47)37-18-19-40-44(5)23-20-32(16-17-36(52)30-43(3,4)29-35(51)9-2)28-33(44)21-24-46(40,7)45(37,6)25-26-47/h31-33,37-40H,8-30H2,1-7H3,(H,48,49). The first kappa shape index (κ1) is 39.3. The number of ketones is 2. The van der Waals surface area contributed by atoms with E-state index in [9.17, 15) is 9.59 Å². The Morgan fingerprint density at radius 3 is 2.43 bits per heavy atom. The Bertz CT molecular complexity index is 1510. The van der Waals surface area contributed by atoms with Crippen molar-refractivity contribution >= 4 is 17.5 Å². The highest BCUT2D eigenvalue weighted by Gasteiger charge is 2.69. The smallest absolute Gasteiger partial charge is 0.229 e. The minimum atomic E-state index is -0.225. The van der Waals surface area contributed by atoms with Crippen LogP contribution in [0.2, 0.25) is 0 Å². The second kappa shape index (κ2) is 14.8. The molecule has 1 amide bonds. The first-order valence-corrected chi connectivity index (χ1v) is 22.6. The number of hydrogen-bond acceptors (Lipinski definition) is 4. The number of Topliss-reactive ketones (excluding diaryl/α,β-unsaturated/α-hetero) is 2. The summed E-state index contributed by atoms with van der Waals surface area (Å²) in [5.74, 6) is 5.47. The lowest BCUT2D eigenvalue weighted by Gasteiger charge is -2.71. The van der Waals surface area contributed by atoms with E-state index in [1.807, 2.05) is 13.1 Å². The van der Waals surface area contributed by atoms with Crippen molar-refractivity contribution in [2.75, 3.05) is 6.54 Å². The van der Waals surface area contributed by atoms with Crippen LogP contribution in [0.25, 0.3) is 0 Å². The van der Waals surface area contributed by atoms with Gasteiger partial charge in [0.2, 0.25) is 5.91 Å². The van der Waals surface area contributed by atoms with Crippen molar-refractivity contribution in [3.05, 3.63) is 17.7 Å². The van der Waals surface area contributed by atoms with Crippen molar-refractivity contribution in [2.24, 2.45) is 56.7 Å². The fraction of sp³-hybridized carbons (Fsp3) is 0.872. The van der Waals surface area contributed by atoms with Crippen LogP contribution in [0.15, 0.2) is 6.20 Å². The minimum Gasteiger partial charge on any atom is -0.344 e. The number of amides is 1. The highest BCUT2D eigenvalue weighted by Crippen LogP contribution is 2.76. The summed E-state index contributed by atoms with van der Waals surface area (Å²) in [7, 11) is 0. The molecule has 7 rings (SSSR count). The molecular formula is C47H75N3O3. The van der Waals surface area contributed by atoms with Crippen LogP contribution in [-0.4, -0.2) is 38.9 Å². The van der Waals surface area contributed by atoms with Gasteiger partial charge in [0.1, 0.15) is 17.4 Å². The number of unbranched alkanes of at least 4 members (excludes halogenated alkanes) is 1. The van der Waals surface area contributed by atoms with E-state index >= 15 is 4.79 Å². The fourth-order valence-electron chi connectivity index (χ4n) is 14.8. The molecule has 296 valence electrons. The Morgan fingerprint density at radius 2 is 1.66 bits per heavy atom. The van der Waals surface area contributed by atoms with Crippen LogP contribution in [0.5, 0.6) is 0 Å². The van der Waals surface area contributed by atoms with E-state index < -0.39 is 0 Å². The van der Waals surface area contributed by atoms with Crippen molar-refractivity contribution in [2.45, 2.75) is 196 Å². The van der Waals surface area contributed by atoms with Crippen molar-refractivity contribution in [3.8, 4) is 0 Å². The number of nitrogens with one attached hydrogen (secondary N) is 1. The number of fused-ring (bicyclic) bond motifs is 7. The molecule has 6 fully saturated rings. The fourth-order valence-corrected chi connectivity index (χ4v) is 14.8. The van der Waals surface area contributed by atoms with Crippen molar-refractivity contribution in [1.29, 1.82) is 0 Å². The topological polar surface area (TPSA) is 83.1 Å². The monoisotopic (exact) mass is 730 g/mol. The number of rotatable bonds is 13. The molecule has 5 aliphatic carbocycles. The predicted molar refractivity (Wildman–Crippen MR) is 213 cm³/mol. The Morgan fingerprint density at radius 1 is 0.868 bits per heavy atom. The second-order valence-corrected chi connectivity index (χ2v) is 21.1. The molecule has 1 aliphatic heterocycles. The van der Waals surface area contributed by atoms with Crippen LogP contribution in [-0.2, 0) is 20.8 Å². The van der Waals surface area contributed by atoms with Crippen molar-refractivity contribution < 1.29 is 14.4 Å². The van der Waals surface area contributed by atoms with E-state index in [-0.39, 0.29) is 28.1 Å². The van der Waals surface area contributed by atoms with Crippen LogP contribution in [0, 0.1) is 56.7 Å². The van der Waals surface area contributed by atoms with Gasteiger partial charge in [-0.05, 0) is 154 Å². The summed E-state index contributed by atoms with van der Waals surface area (Å²) < 4.78 is 0. The van der Waals surface area contributed by atoms with Gasteiger partial charge < -0.3 is 9.88 Å². The molecule has 0 radical (unpaired) electrons. The average Bonchev–Trinajstić information content (AvgIpc) is 3.90. The number of hydrogen-bond donors (Lipinski definition) is 1. The normalized spacial score (nSPS) is 39.6. The van der Waals surface area contributed by atoms with Crippen LogP contribution >= 0.6 is 0 Å². The SMILES string of the molecule is CCCCc1cnc(C2CCCN2C(=O)C23CCCC2C2CCC4C5(C)CCC(CCC(=O)CC(C)(C)CC(=O)CC)CC5CCC4(C)C2(C)CC3)[nH]1. The quantitative estimate of drug-likeness (QED) is 0.219. The van der Waals surface area contributed by atoms with Gasteiger partial charge in [0.05, 0.1) is 11.5 Å². The maximum Gasteiger partial charge on any atom is 0.229 e. The van der Waals surface area contributed by atoms with Crippen molar-refractivity contribution in [1.82, 2.24) is 14.9 Å². The van der Waals surface area contributed by atoms with Gasteiger partial charge in [-0.15, -0.1) is 0 Å². The molecule has 0 spiro atoms. The number of likely N-dealkylation sites (tertiary alicyclic amines) is 1. The van der Waals surface area contributed by atoms with Gasteiger partial charge in [0.25, 0.3) is 0 Å². The third-order valence-corrected chi connectivity index (χ3v) is 17.8. The molecule has 1 aromatic heterocycles. The summed E-state index contributed by atoms with van der Waals surface area (Å²) in [6.07, 6.45) is 25.8. The molecule has 1 N–H and O–H groups in total. The summed E-state index contributed by atoms with van der Waals surface area (Å²) in [5, 5.41) is 0. The van der Waals surface area contributed by atoms with Crippen molar-refractivity contribution in [3.63, 3.8) is 0 Å². The molecule has 6 heteroatoms.